The molecule has 0 radical (unpaired) electrons. The summed E-state index contributed by atoms with van der Waals surface area (Å²) in [6, 6.07) is 15.2. The standard InChI is InChI=1S/C25H26ClN5O3/c1-34-20-7-5-15(6-8-20)17-12-19(13-17)28-25(33)30-9-10-31-21(14-30)22(24(27)32)23(29-31)16-3-2-4-18(26)11-16/h2-8,11,17,19H,9-10,12-14H2,1H3,(H2,27,32)(H,28,33)/t17-,19+. The number of fused-ring (bicyclic) bond motifs is 1. The molecule has 1 aromatic heterocycles. The molecule has 3 aromatic rings. The second-order valence-electron chi connectivity index (χ2n) is 8.78. The molecule has 3 N–H and O–H groups in total. The zero-order valence-corrected chi connectivity index (χ0v) is 19.6. The van der Waals surface area contributed by atoms with Gasteiger partial charge in [-0.2, -0.15) is 5.10 Å². The van der Waals surface area contributed by atoms with Gasteiger partial charge in [0.1, 0.15) is 11.4 Å². The summed E-state index contributed by atoms with van der Waals surface area (Å²) in [6.07, 6.45) is 1.80. The van der Waals surface area contributed by atoms with Crippen molar-refractivity contribution in [2.24, 2.45) is 5.73 Å². The maximum absolute atomic E-state index is 13.0. The van der Waals surface area contributed by atoms with Crippen molar-refractivity contribution >= 4 is 23.5 Å². The largest absolute Gasteiger partial charge is 0.497 e. The van der Waals surface area contributed by atoms with Crippen LogP contribution in [-0.4, -0.2) is 46.3 Å². The first-order valence-electron chi connectivity index (χ1n) is 11.3. The Hall–Kier alpha value is -3.52. The lowest BCUT2D eigenvalue weighted by molar-refractivity contribution is 0.0997. The number of amides is 3. The molecule has 9 heteroatoms. The molecule has 0 spiro atoms. The molecule has 1 aliphatic carbocycles. The number of carbonyl (C=O) groups is 2. The number of benzene rings is 2. The lowest BCUT2D eigenvalue weighted by Gasteiger charge is -2.38. The van der Waals surface area contributed by atoms with Crippen LogP contribution in [0.15, 0.2) is 48.5 Å². The Labute approximate surface area is 202 Å². The lowest BCUT2D eigenvalue weighted by Crippen LogP contribution is -2.51. The third-order valence-electron chi connectivity index (χ3n) is 6.66. The second-order valence-corrected chi connectivity index (χ2v) is 9.21. The molecular weight excluding hydrogens is 454 g/mol. The number of methoxy groups -OCH3 is 1. The predicted molar refractivity (Wildman–Crippen MR) is 129 cm³/mol. The average molecular weight is 480 g/mol. The van der Waals surface area contributed by atoms with Crippen LogP contribution < -0.4 is 15.8 Å². The van der Waals surface area contributed by atoms with Crippen molar-refractivity contribution < 1.29 is 14.3 Å². The van der Waals surface area contributed by atoms with E-state index >= 15 is 0 Å². The molecule has 176 valence electrons. The summed E-state index contributed by atoms with van der Waals surface area (Å²) in [4.78, 5) is 27.0. The summed E-state index contributed by atoms with van der Waals surface area (Å²) < 4.78 is 6.99. The van der Waals surface area contributed by atoms with E-state index in [0.29, 0.717) is 41.0 Å². The van der Waals surface area contributed by atoms with Crippen LogP contribution in [0.1, 0.15) is 40.4 Å². The zero-order valence-electron chi connectivity index (χ0n) is 18.8. The summed E-state index contributed by atoms with van der Waals surface area (Å²) in [5.41, 5.74) is 9.18. The molecule has 2 aliphatic rings. The first-order chi connectivity index (χ1) is 16.4. The number of rotatable bonds is 5. The number of nitrogens with zero attached hydrogens (tertiary/aromatic N) is 3. The van der Waals surface area contributed by atoms with E-state index in [4.69, 9.17) is 22.1 Å². The van der Waals surface area contributed by atoms with Gasteiger partial charge < -0.3 is 20.7 Å². The quantitative estimate of drug-likeness (QED) is 0.581. The van der Waals surface area contributed by atoms with E-state index in [1.165, 1.54) is 5.56 Å². The molecule has 1 saturated carbocycles. The molecular formula is C25H26ClN5O3. The molecule has 5 rings (SSSR count). The predicted octanol–water partition coefficient (Wildman–Crippen LogP) is 3.78. The van der Waals surface area contributed by atoms with Gasteiger partial charge in [-0.05, 0) is 48.6 Å². The van der Waals surface area contributed by atoms with Gasteiger partial charge in [0.05, 0.1) is 31.5 Å². The summed E-state index contributed by atoms with van der Waals surface area (Å²) in [6.45, 7) is 1.26. The Morgan fingerprint density at radius 2 is 1.91 bits per heavy atom. The van der Waals surface area contributed by atoms with E-state index in [-0.39, 0.29) is 18.6 Å². The molecule has 0 saturated heterocycles. The fourth-order valence-corrected chi connectivity index (χ4v) is 4.93. The van der Waals surface area contributed by atoms with Crippen LogP contribution in [0.5, 0.6) is 5.75 Å². The first kappa shape index (κ1) is 22.3. The van der Waals surface area contributed by atoms with Gasteiger partial charge in [-0.15, -0.1) is 0 Å². The van der Waals surface area contributed by atoms with Crippen LogP contribution >= 0.6 is 11.6 Å². The van der Waals surface area contributed by atoms with Crippen molar-refractivity contribution in [1.29, 1.82) is 0 Å². The fourth-order valence-electron chi connectivity index (χ4n) is 4.74. The number of carbonyl (C=O) groups excluding carboxylic acids is 2. The smallest absolute Gasteiger partial charge is 0.318 e. The molecule has 1 aliphatic heterocycles. The summed E-state index contributed by atoms with van der Waals surface area (Å²) in [5.74, 6) is 0.701. The maximum Gasteiger partial charge on any atom is 0.318 e. The Bertz CT molecular complexity index is 1230. The molecule has 0 unspecified atom stereocenters. The van der Waals surface area contributed by atoms with E-state index in [0.717, 1.165) is 24.2 Å². The Morgan fingerprint density at radius 3 is 2.59 bits per heavy atom. The van der Waals surface area contributed by atoms with Crippen LogP contribution in [0.3, 0.4) is 0 Å². The third-order valence-corrected chi connectivity index (χ3v) is 6.90. The summed E-state index contributed by atoms with van der Waals surface area (Å²) >= 11 is 6.13. The molecule has 2 aromatic carbocycles. The number of hydrogen-bond donors (Lipinski definition) is 2. The highest BCUT2D eigenvalue weighted by Gasteiger charge is 2.34. The Balaban J connectivity index is 1.25. The lowest BCUT2D eigenvalue weighted by atomic mass is 9.76. The molecule has 0 bridgehead atoms. The van der Waals surface area contributed by atoms with Crippen LogP contribution in [-0.2, 0) is 13.1 Å². The normalized spacial score (nSPS) is 19.2. The van der Waals surface area contributed by atoms with Crippen molar-refractivity contribution in [1.82, 2.24) is 20.0 Å². The number of aromatic nitrogens is 2. The maximum atomic E-state index is 13.0. The van der Waals surface area contributed by atoms with E-state index in [2.05, 4.69) is 22.5 Å². The minimum Gasteiger partial charge on any atom is -0.497 e. The van der Waals surface area contributed by atoms with Gasteiger partial charge in [0.15, 0.2) is 0 Å². The van der Waals surface area contributed by atoms with Crippen molar-refractivity contribution in [3.05, 3.63) is 70.4 Å². The van der Waals surface area contributed by atoms with Crippen molar-refractivity contribution in [3.8, 4) is 17.0 Å². The molecule has 8 nitrogen and oxygen atoms in total. The summed E-state index contributed by atoms with van der Waals surface area (Å²) in [5, 5.41) is 8.29. The molecule has 0 atom stereocenters. The van der Waals surface area contributed by atoms with Crippen LogP contribution in [0, 0.1) is 0 Å². The number of nitrogens with one attached hydrogen (secondary N) is 1. The second kappa shape index (κ2) is 9.02. The molecule has 34 heavy (non-hydrogen) atoms. The average Bonchev–Trinajstić information content (AvgIpc) is 3.20. The number of urea groups is 1. The zero-order chi connectivity index (χ0) is 23.8. The van der Waals surface area contributed by atoms with Gasteiger partial charge in [-0.3, -0.25) is 9.48 Å². The highest BCUT2D eigenvalue weighted by atomic mass is 35.5. The number of primary amides is 1. The van der Waals surface area contributed by atoms with E-state index < -0.39 is 5.91 Å². The number of nitrogens with two attached hydrogens (primary N) is 1. The minimum atomic E-state index is -0.570. The number of ether oxygens (including phenoxy) is 1. The van der Waals surface area contributed by atoms with Crippen LogP contribution in [0.4, 0.5) is 4.79 Å². The van der Waals surface area contributed by atoms with Gasteiger partial charge in [-0.1, -0.05) is 35.9 Å². The first-order valence-corrected chi connectivity index (χ1v) is 11.7. The number of hydrogen-bond acceptors (Lipinski definition) is 4. The Morgan fingerprint density at radius 1 is 1.15 bits per heavy atom. The molecule has 3 amide bonds. The van der Waals surface area contributed by atoms with Gasteiger partial charge in [0.25, 0.3) is 5.91 Å². The van der Waals surface area contributed by atoms with Gasteiger partial charge >= 0.3 is 6.03 Å². The van der Waals surface area contributed by atoms with Crippen LogP contribution in [0.25, 0.3) is 11.3 Å². The van der Waals surface area contributed by atoms with Gasteiger partial charge in [-0.25, -0.2) is 4.79 Å². The van der Waals surface area contributed by atoms with Gasteiger partial charge in [0.2, 0.25) is 0 Å². The van der Waals surface area contributed by atoms with E-state index in [9.17, 15) is 9.59 Å². The monoisotopic (exact) mass is 479 g/mol. The SMILES string of the molecule is COc1ccc([C@H]2C[C@@H](NC(=O)N3CCn4nc(-c5cccc(Cl)c5)c(C(N)=O)c4C3)C2)cc1. The van der Waals surface area contributed by atoms with Crippen LogP contribution in [0.2, 0.25) is 5.02 Å². The molecule has 1 fully saturated rings. The van der Waals surface area contributed by atoms with Crippen molar-refractivity contribution in [2.45, 2.75) is 37.9 Å². The summed E-state index contributed by atoms with van der Waals surface area (Å²) in [7, 11) is 1.65. The Kier molecular flexibility index (Phi) is 5.91. The molecule has 2 heterocycles. The minimum absolute atomic E-state index is 0.129. The topological polar surface area (TPSA) is 102 Å². The number of halogens is 1. The van der Waals surface area contributed by atoms with Crippen molar-refractivity contribution in [3.63, 3.8) is 0 Å². The van der Waals surface area contributed by atoms with Crippen molar-refractivity contribution in [2.75, 3.05) is 13.7 Å². The fraction of sp³-hybridized carbons (Fsp3) is 0.320. The van der Waals surface area contributed by atoms with E-state index in [1.807, 2.05) is 18.2 Å². The third kappa shape index (κ3) is 4.21. The highest BCUT2D eigenvalue weighted by Crippen LogP contribution is 2.37. The highest BCUT2D eigenvalue weighted by molar-refractivity contribution is 6.30. The van der Waals surface area contributed by atoms with E-state index in [1.54, 1.807) is 34.9 Å². The van der Waals surface area contributed by atoms with Gasteiger partial charge in [0, 0.05) is 23.2 Å².